The molecule has 0 saturated carbocycles. The summed E-state index contributed by atoms with van der Waals surface area (Å²) in [6.45, 7) is 9.18. The maximum Gasteiger partial charge on any atom is 0.251 e. The van der Waals surface area contributed by atoms with Gasteiger partial charge >= 0.3 is 0 Å². The first-order chi connectivity index (χ1) is 22.1. The third-order valence-corrected chi connectivity index (χ3v) is 9.68. The lowest BCUT2D eigenvalue weighted by atomic mass is 10.0. The third-order valence-electron chi connectivity index (χ3n) is 9.68. The second-order valence-corrected chi connectivity index (χ2v) is 12.7. The molecule has 0 aliphatic carbocycles. The Morgan fingerprint density at radius 3 is 2.09 bits per heavy atom. The van der Waals surface area contributed by atoms with Gasteiger partial charge in [-0.25, -0.2) is 0 Å². The van der Waals surface area contributed by atoms with Crippen LogP contribution in [0.15, 0.2) is 97.1 Å². The number of aromatic nitrogens is 1. The number of carbonyl (C=O) groups is 1. The predicted octanol–water partition coefficient (Wildman–Crippen LogP) is 7.25. The van der Waals surface area contributed by atoms with Crippen LogP contribution in [0.1, 0.15) is 54.1 Å². The molecule has 0 spiro atoms. The second-order valence-electron chi connectivity index (χ2n) is 12.7. The minimum absolute atomic E-state index is 0.00816. The summed E-state index contributed by atoms with van der Waals surface area (Å²) in [6, 6.07) is 34.2. The highest BCUT2D eigenvalue weighted by molar-refractivity contribution is 6.08. The van der Waals surface area contributed by atoms with E-state index in [1.165, 1.54) is 32.9 Å². The maximum absolute atomic E-state index is 13.0. The predicted molar refractivity (Wildman–Crippen MR) is 183 cm³/mol. The number of hydrogen-bond acceptors (Lipinski definition) is 4. The summed E-state index contributed by atoms with van der Waals surface area (Å²) in [6.07, 6.45) is 4.17. The first-order valence-electron chi connectivity index (χ1n) is 16.7. The van der Waals surface area contributed by atoms with E-state index in [-0.39, 0.29) is 18.1 Å². The van der Waals surface area contributed by atoms with E-state index in [1.807, 2.05) is 24.3 Å². The van der Waals surface area contributed by atoms with Crippen LogP contribution in [0.25, 0.3) is 21.8 Å². The molecule has 2 aliphatic heterocycles. The molecule has 0 atom stereocenters. The third kappa shape index (κ3) is 6.77. The molecule has 5 aromatic rings. The summed E-state index contributed by atoms with van der Waals surface area (Å²) in [5.74, 6) is 0.853. The molecule has 1 aromatic heterocycles. The van der Waals surface area contributed by atoms with Crippen LogP contribution in [0.2, 0.25) is 0 Å². The summed E-state index contributed by atoms with van der Waals surface area (Å²) < 4.78 is 8.76. The molecular formula is C39H44N4O2. The topological polar surface area (TPSA) is 49.7 Å². The SMILES string of the molecule is CCn1c2ccccc2c2cc(CN3CCC(Oc4ccc(C(=O)NC5CCN(Cc6ccccc6)CC5)cc4)CC3)ccc21. The molecule has 0 radical (unpaired) electrons. The molecular weight excluding hydrogens is 556 g/mol. The molecule has 6 heteroatoms. The highest BCUT2D eigenvalue weighted by Crippen LogP contribution is 2.30. The van der Waals surface area contributed by atoms with Crippen LogP contribution in [0.3, 0.4) is 0 Å². The van der Waals surface area contributed by atoms with E-state index < -0.39 is 0 Å². The van der Waals surface area contributed by atoms with Gasteiger partial charge in [0, 0.05) is 79.2 Å². The minimum Gasteiger partial charge on any atom is -0.490 e. The van der Waals surface area contributed by atoms with Gasteiger partial charge in [-0.15, -0.1) is 0 Å². The van der Waals surface area contributed by atoms with Crippen molar-refractivity contribution >= 4 is 27.7 Å². The van der Waals surface area contributed by atoms with Gasteiger partial charge in [-0.3, -0.25) is 14.6 Å². The van der Waals surface area contributed by atoms with Crippen LogP contribution in [-0.4, -0.2) is 58.6 Å². The summed E-state index contributed by atoms with van der Waals surface area (Å²) in [5.41, 5.74) is 6.04. The Bertz CT molecular complexity index is 1730. The second kappa shape index (κ2) is 13.5. The number of aryl methyl sites for hydroxylation is 1. The van der Waals surface area contributed by atoms with Gasteiger partial charge in [0.2, 0.25) is 0 Å². The van der Waals surface area contributed by atoms with Gasteiger partial charge in [0.1, 0.15) is 11.9 Å². The van der Waals surface area contributed by atoms with E-state index in [9.17, 15) is 4.79 Å². The molecule has 3 heterocycles. The zero-order valence-electron chi connectivity index (χ0n) is 26.3. The lowest BCUT2D eigenvalue weighted by Gasteiger charge is -2.32. The number of ether oxygens (including phenoxy) is 1. The largest absolute Gasteiger partial charge is 0.490 e. The Hall–Kier alpha value is -4.13. The molecule has 7 rings (SSSR count). The van der Waals surface area contributed by atoms with Crippen LogP contribution in [0.4, 0.5) is 0 Å². The van der Waals surface area contributed by atoms with Gasteiger partial charge in [0.05, 0.1) is 0 Å². The molecule has 4 aromatic carbocycles. The summed E-state index contributed by atoms with van der Waals surface area (Å²) in [7, 11) is 0. The van der Waals surface area contributed by atoms with Crippen molar-refractivity contribution in [2.75, 3.05) is 26.2 Å². The van der Waals surface area contributed by atoms with Gasteiger partial charge in [-0.05, 0) is 86.2 Å². The zero-order valence-corrected chi connectivity index (χ0v) is 26.3. The number of piperidine rings is 2. The van der Waals surface area contributed by atoms with Crippen LogP contribution in [0.5, 0.6) is 5.75 Å². The van der Waals surface area contributed by atoms with Crippen molar-refractivity contribution in [3.63, 3.8) is 0 Å². The van der Waals surface area contributed by atoms with E-state index in [2.05, 4.69) is 99.4 Å². The van der Waals surface area contributed by atoms with Gasteiger partial charge in [-0.1, -0.05) is 54.6 Å². The van der Waals surface area contributed by atoms with Gasteiger partial charge in [-0.2, -0.15) is 0 Å². The number of nitrogens with one attached hydrogen (secondary N) is 1. The van der Waals surface area contributed by atoms with E-state index in [4.69, 9.17) is 4.74 Å². The summed E-state index contributed by atoms with van der Waals surface area (Å²) >= 11 is 0. The van der Waals surface area contributed by atoms with Crippen molar-refractivity contribution in [3.8, 4) is 5.75 Å². The summed E-state index contributed by atoms with van der Waals surface area (Å²) in [5, 5.41) is 5.95. The molecule has 0 unspecified atom stereocenters. The zero-order chi connectivity index (χ0) is 30.6. The molecule has 6 nitrogen and oxygen atoms in total. The smallest absolute Gasteiger partial charge is 0.251 e. The fourth-order valence-electron chi connectivity index (χ4n) is 7.21. The van der Waals surface area contributed by atoms with Gasteiger partial charge < -0.3 is 14.6 Å². The lowest BCUT2D eigenvalue weighted by Crippen LogP contribution is -2.44. The Kier molecular flexibility index (Phi) is 8.85. The Morgan fingerprint density at radius 1 is 0.711 bits per heavy atom. The van der Waals surface area contributed by atoms with Gasteiger partial charge in [0.15, 0.2) is 0 Å². The molecule has 1 amide bonds. The van der Waals surface area contributed by atoms with Crippen molar-refractivity contribution in [2.45, 2.75) is 64.4 Å². The van der Waals surface area contributed by atoms with Crippen LogP contribution >= 0.6 is 0 Å². The number of hydrogen-bond donors (Lipinski definition) is 1. The Labute approximate surface area is 266 Å². The Balaban J connectivity index is 0.868. The highest BCUT2D eigenvalue weighted by Gasteiger charge is 2.23. The average molecular weight is 601 g/mol. The number of para-hydroxylation sites is 1. The molecule has 232 valence electrons. The summed E-state index contributed by atoms with van der Waals surface area (Å²) in [4.78, 5) is 18.0. The van der Waals surface area contributed by atoms with E-state index in [0.29, 0.717) is 5.56 Å². The van der Waals surface area contributed by atoms with Crippen molar-refractivity contribution in [2.24, 2.45) is 0 Å². The lowest BCUT2D eigenvalue weighted by molar-refractivity contribution is 0.0908. The number of fused-ring (bicyclic) bond motifs is 3. The Morgan fingerprint density at radius 2 is 1.36 bits per heavy atom. The number of likely N-dealkylation sites (tertiary alicyclic amines) is 2. The minimum atomic E-state index is 0.00816. The van der Waals surface area contributed by atoms with Crippen LogP contribution in [0, 0.1) is 0 Å². The molecule has 1 N–H and O–H groups in total. The molecule has 45 heavy (non-hydrogen) atoms. The maximum atomic E-state index is 13.0. The molecule has 2 saturated heterocycles. The number of rotatable bonds is 9. The van der Waals surface area contributed by atoms with Crippen molar-refractivity contribution in [1.82, 2.24) is 19.7 Å². The standard InChI is InChI=1S/C39H44N4O2/c1-2-43-37-11-7-6-10-35(37)36-26-30(12-17-38(36)43)28-42-24-20-34(21-25-42)45-33-15-13-31(14-16-33)39(44)40-32-18-22-41(23-19-32)27-29-8-4-3-5-9-29/h3-17,26,32,34H,2,18-25,27-28H2,1H3,(H,40,44). The van der Waals surface area contributed by atoms with Crippen molar-refractivity contribution in [1.29, 1.82) is 0 Å². The monoisotopic (exact) mass is 600 g/mol. The first kappa shape index (κ1) is 29.6. The fourth-order valence-corrected chi connectivity index (χ4v) is 7.21. The number of benzene rings is 4. The first-order valence-corrected chi connectivity index (χ1v) is 16.7. The number of carbonyl (C=O) groups excluding carboxylic acids is 1. The van der Waals surface area contributed by atoms with Crippen molar-refractivity contribution in [3.05, 3.63) is 114 Å². The molecule has 2 fully saturated rings. The molecule has 0 bridgehead atoms. The van der Waals surface area contributed by atoms with Gasteiger partial charge in [0.25, 0.3) is 5.91 Å². The molecule has 2 aliphatic rings. The quantitative estimate of drug-likeness (QED) is 0.194. The normalized spacial score (nSPS) is 17.2. The van der Waals surface area contributed by atoms with E-state index in [1.54, 1.807) is 0 Å². The fraction of sp³-hybridized carbons (Fsp3) is 0.359. The highest BCUT2D eigenvalue weighted by atomic mass is 16.5. The van der Waals surface area contributed by atoms with E-state index >= 15 is 0 Å². The van der Waals surface area contributed by atoms with E-state index in [0.717, 1.165) is 77.2 Å². The average Bonchev–Trinajstić information content (AvgIpc) is 3.40. The van der Waals surface area contributed by atoms with Crippen molar-refractivity contribution < 1.29 is 9.53 Å². The number of nitrogens with zero attached hydrogens (tertiary/aromatic N) is 3. The van der Waals surface area contributed by atoms with Crippen LogP contribution in [-0.2, 0) is 19.6 Å². The number of amides is 1. The van der Waals surface area contributed by atoms with Crippen LogP contribution < -0.4 is 10.1 Å².